The number of carbonyl (C=O) groups excluding carboxylic acids is 4. The van der Waals surface area contributed by atoms with Gasteiger partial charge < -0.3 is 10.1 Å². The maximum atomic E-state index is 14.4. The fraction of sp³-hybridized carbons (Fsp3) is 0.190. The average Bonchev–Trinajstić information content (AvgIpc) is 3.07. The van der Waals surface area contributed by atoms with Gasteiger partial charge in [0.15, 0.2) is 0 Å². The van der Waals surface area contributed by atoms with E-state index < -0.39 is 47.2 Å². The van der Waals surface area contributed by atoms with E-state index in [4.69, 9.17) is 4.74 Å². The molecule has 33 heavy (non-hydrogen) atoms. The van der Waals surface area contributed by atoms with Crippen molar-refractivity contribution in [2.75, 3.05) is 12.0 Å². The Balaban J connectivity index is 1.81. The third-order valence-electron chi connectivity index (χ3n) is 5.27. The fourth-order valence-corrected chi connectivity index (χ4v) is 3.73. The van der Waals surface area contributed by atoms with Crippen LogP contribution in [0.1, 0.15) is 10.4 Å². The van der Waals surface area contributed by atoms with Crippen LogP contribution in [0.3, 0.4) is 0 Å². The number of methoxy groups -OCH3 is 1. The van der Waals surface area contributed by atoms with E-state index >= 15 is 0 Å². The summed E-state index contributed by atoms with van der Waals surface area (Å²) in [4.78, 5) is 54.8. The molecule has 5 amide bonds. The molecule has 2 N–H and O–H groups in total. The van der Waals surface area contributed by atoms with Gasteiger partial charge in [0.2, 0.25) is 11.4 Å². The van der Waals surface area contributed by atoms with Crippen LogP contribution in [0.5, 0.6) is 5.75 Å². The molecule has 0 saturated carbocycles. The second-order valence-electron chi connectivity index (χ2n) is 7.17. The van der Waals surface area contributed by atoms with Gasteiger partial charge in [-0.3, -0.25) is 19.7 Å². The summed E-state index contributed by atoms with van der Waals surface area (Å²) in [7, 11) is 1.30. The third-order valence-corrected chi connectivity index (χ3v) is 5.27. The number of ether oxygens (including phenoxy) is 1. The summed E-state index contributed by atoms with van der Waals surface area (Å²) >= 11 is 0. The van der Waals surface area contributed by atoms with Crippen LogP contribution in [0.2, 0.25) is 0 Å². The van der Waals surface area contributed by atoms with E-state index in [1.54, 1.807) is 11.4 Å². The molecule has 170 valence electrons. The second kappa shape index (κ2) is 7.73. The third kappa shape index (κ3) is 3.39. The minimum atomic E-state index is -5.44. The molecule has 2 aromatic carbocycles. The van der Waals surface area contributed by atoms with E-state index in [1.165, 1.54) is 55.6 Å². The van der Waals surface area contributed by atoms with Gasteiger partial charge in [0.05, 0.1) is 12.8 Å². The molecule has 12 heteroatoms. The molecule has 2 atom stereocenters. The Labute approximate surface area is 184 Å². The molecule has 0 radical (unpaired) electrons. The molecule has 2 aliphatic heterocycles. The number of hydrogen-bond acceptors (Lipinski definition) is 5. The topological polar surface area (TPSA) is 117 Å². The molecular weight excluding hydrogens is 445 g/mol. The minimum Gasteiger partial charge on any atom is -0.497 e. The zero-order chi connectivity index (χ0) is 24.0. The number of rotatable bonds is 4. The number of amidine groups is 1. The SMILES string of the molecule is COc1cccc(C(=O)NC2(C(F)(F)F)C(=O)N=C3C2C(=O)NC(=O)N3c2ccccc2)c1. The summed E-state index contributed by atoms with van der Waals surface area (Å²) in [6, 6.07) is 11.5. The van der Waals surface area contributed by atoms with Crippen LogP contribution in [0.25, 0.3) is 0 Å². The van der Waals surface area contributed by atoms with Gasteiger partial charge in [-0.05, 0) is 30.3 Å². The van der Waals surface area contributed by atoms with Crippen LogP contribution in [0, 0.1) is 5.92 Å². The summed E-state index contributed by atoms with van der Waals surface area (Å²) in [6.45, 7) is 0. The normalized spacial score (nSPS) is 22.4. The zero-order valence-electron chi connectivity index (χ0n) is 16.8. The van der Waals surface area contributed by atoms with Crippen molar-refractivity contribution < 1.29 is 37.1 Å². The predicted molar refractivity (Wildman–Crippen MR) is 108 cm³/mol. The van der Waals surface area contributed by atoms with E-state index in [1.807, 2.05) is 5.32 Å². The minimum absolute atomic E-state index is 0.0798. The number of carbonyl (C=O) groups is 4. The van der Waals surface area contributed by atoms with Gasteiger partial charge in [0.25, 0.3) is 11.8 Å². The maximum Gasteiger partial charge on any atom is 0.422 e. The molecule has 1 saturated heterocycles. The number of nitrogens with zero attached hydrogens (tertiary/aromatic N) is 2. The Bertz CT molecular complexity index is 1200. The van der Waals surface area contributed by atoms with Crippen molar-refractivity contribution in [3.05, 3.63) is 60.2 Å². The summed E-state index contributed by atoms with van der Waals surface area (Å²) in [5.74, 6) is -7.40. The van der Waals surface area contributed by atoms with E-state index in [9.17, 15) is 32.3 Å². The largest absolute Gasteiger partial charge is 0.497 e. The Morgan fingerprint density at radius 1 is 1.12 bits per heavy atom. The van der Waals surface area contributed by atoms with Crippen molar-refractivity contribution in [2.24, 2.45) is 10.9 Å². The number of halogens is 3. The lowest BCUT2D eigenvalue weighted by molar-refractivity contribution is -0.201. The molecular formula is C21H15F3N4O5. The Morgan fingerprint density at radius 3 is 2.45 bits per heavy atom. The van der Waals surface area contributed by atoms with Crippen molar-refractivity contribution in [3.8, 4) is 5.75 Å². The number of aliphatic imine (C=N–C) groups is 1. The van der Waals surface area contributed by atoms with Crippen LogP contribution >= 0.6 is 0 Å². The number of para-hydroxylation sites is 1. The standard InChI is InChI=1S/C21H15F3N4O5/c1-33-13-9-5-6-11(10-13)16(29)27-20(21(22,23)24)14-15(25-18(20)31)28(19(32)26-17(14)30)12-7-3-2-4-8-12/h2-10,14H,1H3,(H,27,29)(H,26,30,32). The number of imide groups is 1. The molecule has 2 unspecified atom stereocenters. The van der Waals surface area contributed by atoms with Crippen LogP contribution in [-0.4, -0.2) is 48.4 Å². The molecule has 9 nitrogen and oxygen atoms in total. The van der Waals surface area contributed by atoms with Crippen LogP contribution in [-0.2, 0) is 9.59 Å². The smallest absolute Gasteiger partial charge is 0.422 e. The molecule has 4 rings (SSSR count). The van der Waals surface area contributed by atoms with Crippen LogP contribution in [0.15, 0.2) is 59.6 Å². The van der Waals surface area contributed by atoms with Crippen LogP contribution in [0.4, 0.5) is 23.7 Å². The first-order valence-electron chi connectivity index (χ1n) is 9.46. The number of nitrogens with one attached hydrogen (secondary N) is 2. The molecule has 0 aliphatic carbocycles. The number of amides is 5. The van der Waals surface area contributed by atoms with Crippen LogP contribution < -0.4 is 20.3 Å². The highest BCUT2D eigenvalue weighted by Crippen LogP contribution is 2.44. The van der Waals surface area contributed by atoms with Crippen molar-refractivity contribution >= 4 is 35.3 Å². The Kier molecular flexibility index (Phi) is 5.15. The molecule has 0 spiro atoms. The van der Waals surface area contributed by atoms with Gasteiger partial charge in [-0.2, -0.15) is 18.2 Å². The van der Waals surface area contributed by atoms with E-state index in [0.29, 0.717) is 4.90 Å². The highest BCUT2D eigenvalue weighted by molar-refractivity contribution is 6.35. The monoisotopic (exact) mass is 460 g/mol. The first kappa shape index (κ1) is 22.0. The number of fused-ring (bicyclic) bond motifs is 1. The molecule has 0 aromatic heterocycles. The van der Waals surface area contributed by atoms with Gasteiger partial charge in [0.1, 0.15) is 17.5 Å². The van der Waals surface area contributed by atoms with Gasteiger partial charge in [0, 0.05) is 5.56 Å². The first-order valence-corrected chi connectivity index (χ1v) is 9.46. The van der Waals surface area contributed by atoms with E-state index in [0.717, 1.165) is 0 Å². The first-order chi connectivity index (χ1) is 15.6. The highest BCUT2D eigenvalue weighted by atomic mass is 19.4. The molecule has 0 bridgehead atoms. The molecule has 1 fully saturated rings. The van der Waals surface area contributed by atoms with Crippen molar-refractivity contribution in [3.63, 3.8) is 0 Å². The lowest BCUT2D eigenvalue weighted by Gasteiger charge is -2.39. The highest BCUT2D eigenvalue weighted by Gasteiger charge is 2.74. The van der Waals surface area contributed by atoms with E-state index in [-0.39, 0.29) is 17.0 Å². The Morgan fingerprint density at radius 2 is 1.82 bits per heavy atom. The van der Waals surface area contributed by atoms with E-state index in [2.05, 4.69) is 4.99 Å². The summed E-state index contributed by atoms with van der Waals surface area (Å²) in [5, 5.41) is 3.51. The molecule has 2 aromatic rings. The summed E-state index contributed by atoms with van der Waals surface area (Å²) < 4.78 is 48.3. The van der Waals surface area contributed by atoms with Crippen molar-refractivity contribution in [1.82, 2.24) is 10.6 Å². The summed E-state index contributed by atoms with van der Waals surface area (Å²) in [5.41, 5.74) is -3.89. The Hall–Kier alpha value is -4.22. The molecule has 2 heterocycles. The predicted octanol–water partition coefficient (Wildman–Crippen LogP) is 2.04. The average molecular weight is 460 g/mol. The van der Waals surface area contributed by atoms with Crippen molar-refractivity contribution in [1.29, 1.82) is 0 Å². The number of alkyl halides is 3. The van der Waals surface area contributed by atoms with Gasteiger partial charge >= 0.3 is 12.2 Å². The number of urea groups is 1. The lowest BCUT2D eigenvalue weighted by Crippen LogP contribution is -2.72. The van der Waals surface area contributed by atoms with Gasteiger partial charge in [-0.1, -0.05) is 24.3 Å². The lowest BCUT2D eigenvalue weighted by atomic mass is 9.81. The fourth-order valence-electron chi connectivity index (χ4n) is 3.73. The number of anilines is 1. The number of benzene rings is 2. The molecule has 2 aliphatic rings. The van der Waals surface area contributed by atoms with Crippen molar-refractivity contribution in [2.45, 2.75) is 11.7 Å². The van der Waals surface area contributed by atoms with Gasteiger partial charge in [-0.25, -0.2) is 9.69 Å². The number of hydrogen-bond donors (Lipinski definition) is 2. The summed E-state index contributed by atoms with van der Waals surface area (Å²) in [6.07, 6.45) is -5.44. The quantitative estimate of drug-likeness (QED) is 0.724. The second-order valence-corrected chi connectivity index (χ2v) is 7.17. The maximum absolute atomic E-state index is 14.4. The zero-order valence-corrected chi connectivity index (χ0v) is 16.8. The van der Waals surface area contributed by atoms with Gasteiger partial charge in [-0.15, -0.1) is 0 Å².